The van der Waals surface area contributed by atoms with Gasteiger partial charge in [0, 0.05) is 0 Å². The fraction of sp³-hybridized carbons (Fsp3) is 0.500. The van der Waals surface area contributed by atoms with Crippen molar-refractivity contribution in [2.45, 2.75) is 5.25 Å². The maximum Gasteiger partial charge on any atom is 0.478 e. The number of halogens is 2. The third kappa shape index (κ3) is 0.546. The largest absolute Gasteiger partial charge is 0.478 e. The molecule has 0 unspecified atom stereocenters. The average Bonchev–Trinajstić information content (AvgIpc) is 1.65. The molecular weight excluding hydrogens is 158 g/mol. The highest BCUT2D eigenvalue weighted by Gasteiger charge is 2.68. The van der Waals surface area contributed by atoms with E-state index >= 15 is 0 Å². The Labute approximate surface area is 48.5 Å². The topological polar surface area (TPSA) is 60.4 Å². The number of carbonyl (C=O) groups is 1. The molecule has 4 nitrogen and oxygen atoms in total. The van der Waals surface area contributed by atoms with Crippen molar-refractivity contribution in [3.63, 3.8) is 0 Å². The monoisotopic (exact) mass is 158 g/mol. The summed E-state index contributed by atoms with van der Waals surface area (Å²) >= 11 is 0. The van der Waals surface area contributed by atoms with Crippen LogP contribution in [0.2, 0.25) is 0 Å². The zero-order valence-electron chi connectivity index (χ0n) is 3.80. The Hall–Kier alpha value is -0.720. The van der Waals surface area contributed by atoms with E-state index in [4.69, 9.17) is 0 Å². The van der Waals surface area contributed by atoms with E-state index in [2.05, 4.69) is 4.18 Å². The van der Waals surface area contributed by atoms with Crippen molar-refractivity contribution in [3.8, 4) is 0 Å². The molecule has 0 saturated carbocycles. The highest BCUT2D eigenvalue weighted by Crippen LogP contribution is 2.34. The predicted octanol–water partition coefficient (Wildman–Crippen LogP) is -0.534. The van der Waals surface area contributed by atoms with Crippen molar-refractivity contribution >= 4 is 16.1 Å². The van der Waals surface area contributed by atoms with Gasteiger partial charge in [-0.25, -0.2) is 4.79 Å². The van der Waals surface area contributed by atoms with Crippen LogP contribution in [0.1, 0.15) is 0 Å². The van der Waals surface area contributed by atoms with E-state index in [1.165, 1.54) is 0 Å². The van der Waals surface area contributed by atoms with E-state index in [0.717, 1.165) is 0 Å². The Balaban J connectivity index is 3.10. The van der Waals surface area contributed by atoms with Gasteiger partial charge in [0.25, 0.3) is 0 Å². The lowest BCUT2D eigenvalue weighted by molar-refractivity contribution is -0.161. The highest BCUT2D eigenvalue weighted by atomic mass is 32.2. The van der Waals surface area contributed by atoms with Gasteiger partial charge in [-0.1, -0.05) is 0 Å². The Kier molecular flexibility index (Phi) is 0.875. The number of carbonyl (C=O) groups excluding carboxylic acids is 1. The first-order chi connectivity index (χ1) is 3.88. The number of hydrogen-bond donors (Lipinski definition) is 0. The first-order valence-electron chi connectivity index (χ1n) is 1.74. The summed E-state index contributed by atoms with van der Waals surface area (Å²) in [7, 11) is -4.89. The zero-order valence-corrected chi connectivity index (χ0v) is 4.61. The van der Waals surface area contributed by atoms with Crippen LogP contribution in [0.25, 0.3) is 0 Å². The van der Waals surface area contributed by atoms with Crippen molar-refractivity contribution in [2.24, 2.45) is 0 Å². The lowest BCUT2D eigenvalue weighted by Gasteiger charge is -2.21. The normalized spacial score (nSPS) is 28.4. The molecule has 0 aromatic rings. The Morgan fingerprint density at radius 2 is 1.89 bits per heavy atom. The molecule has 0 N–H and O–H groups in total. The van der Waals surface area contributed by atoms with Gasteiger partial charge in [0.1, 0.15) is 0 Å². The minimum absolute atomic E-state index is 2.01. The van der Waals surface area contributed by atoms with Crippen LogP contribution >= 0.6 is 0 Å². The first-order valence-corrected chi connectivity index (χ1v) is 3.15. The minimum Gasteiger partial charge on any atom is -0.335 e. The molecule has 0 atom stereocenters. The van der Waals surface area contributed by atoms with Crippen LogP contribution in [-0.4, -0.2) is 19.6 Å². The molecule has 0 aromatic heterocycles. The van der Waals surface area contributed by atoms with Gasteiger partial charge in [0.15, 0.2) is 0 Å². The molecule has 0 radical (unpaired) electrons. The molecule has 0 bridgehead atoms. The molecule has 9 heavy (non-hydrogen) atoms. The van der Waals surface area contributed by atoms with Crippen LogP contribution in [0, 0.1) is 0 Å². The maximum absolute atomic E-state index is 11.6. The van der Waals surface area contributed by atoms with E-state index in [1.54, 1.807) is 0 Å². The fourth-order valence-corrected chi connectivity index (χ4v) is 0.806. The van der Waals surface area contributed by atoms with Gasteiger partial charge in [-0.15, -0.1) is 0 Å². The third-order valence-electron chi connectivity index (χ3n) is 0.737. The molecule has 7 heteroatoms. The molecule has 1 fully saturated rings. The second-order valence-corrected chi connectivity index (χ2v) is 2.93. The van der Waals surface area contributed by atoms with Crippen LogP contribution < -0.4 is 0 Å². The van der Waals surface area contributed by atoms with Crippen molar-refractivity contribution in [1.29, 1.82) is 0 Å². The van der Waals surface area contributed by atoms with E-state index in [-0.39, 0.29) is 0 Å². The molecule has 0 amide bonds. The van der Waals surface area contributed by atoms with Crippen molar-refractivity contribution in [1.82, 2.24) is 0 Å². The summed E-state index contributed by atoms with van der Waals surface area (Å²) in [6.45, 7) is 0. The number of alkyl halides is 2. The van der Waals surface area contributed by atoms with Crippen LogP contribution in [-0.2, 0) is 19.1 Å². The molecule has 0 spiro atoms. The van der Waals surface area contributed by atoms with Gasteiger partial charge in [-0.05, 0) is 0 Å². The highest BCUT2D eigenvalue weighted by molar-refractivity contribution is 7.91. The smallest absolute Gasteiger partial charge is 0.335 e. The summed E-state index contributed by atoms with van der Waals surface area (Å²) in [6.07, 6.45) is 0. The fourth-order valence-electron chi connectivity index (χ4n) is 0.269. The molecule has 52 valence electrons. The zero-order chi connectivity index (χ0) is 7.28. The van der Waals surface area contributed by atoms with Crippen molar-refractivity contribution in [3.05, 3.63) is 0 Å². The van der Waals surface area contributed by atoms with E-state index < -0.39 is 21.3 Å². The predicted molar refractivity (Wildman–Crippen MR) is 20.0 cm³/mol. The van der Waals surface area contributed by atoms with E-state index in [9.17, 15) is 22.0 Å². The van der Waals surface area contributed by atoms with E-state index in [1.807, 2.05) is 0 Å². The van der Waals surface area contributed by atoms with Crippen molar-refractivity contribution in [2.75, 3.05) is 0 Å². The number of rotatable bonds is 0. The van der Waals surface area contributed by atoms with Gasteiger partial charge >= 0.3 is 21.3 Å². The molecule has 1 aliphatic heterocycles. The quantitative estimate of drug-likeness (QED) is 0.444. The second kappa shape index (κ2) is 1.23. The van der Waals surface area contributed by atoms with Crippen LogP contribution in [0.4, 0.5) is 8.78 Å². The lowest BCUT2D eigenvalue weighted by Crippen LogP contribution is -2.52. The van der Waals surface area contributed by atoms with Crippen LogP contribution in [0.3, 0.4) is 0 Å². The SMILES string of the molecule is O=C1OS(=O)(=O)C1(F)F. The minimum atomic E-state index is -4.89. The summed E-state index contributed by atoms with van der Waals surface area (Å²) in [5.41, 5.74) is 0. The van der Waals surface area contributed by atoms with Crippen molar-refractivity contribution < 1.29 is 26.2 Å². The third-order valence-corrected chi connectivity index (χ3v) is 1.90. The Bertz CT molecular complexity index is 252. The molecule has 0 aliphatic carbocycles. The second-order valence-electron chi connectivity index (χ2n) is 1.34. The van der Waals surface area contributed by atoms with Crippen LogP contribution in [0.15, 0.2) is 0 Å². The summed E-state index contributed by atoms with van der Waals surface area (Å²) < 4.78 is 45.9. The molecular formula is C2F2O4S. The Morgan fingerprint density at radius 3 is 1.89 bits per heavy atom. The first kappa shape index (κ1) is 6.40. The molecule has 1 heterocycles. The molecule has 0 aromatic carbocycles. The van der Waals surface area contributed by atoms with Gasteiger partial charge in [-0.2, -0.15) is 17.2 Å². The maximum atomic E-state index is 11.6. The summed E-state index contributed by atoms with van der Waals surface area (Å²) in [5.74, 6) is -2.01. The average molecular weight is 158 g/mol. The van der Waals surface area contributed by atoms with Gasteiger partial charge in [0.2, 0.25) is 0 Å². The molecule has 1 saturated heterocycles. The molecule has 1 aliphatic rings. The lowest BCUT2D eigenvalue weighted by atomic mass is 10.7. The summed E-state index contributed by atoms with van der Waals surface area (Å²) in [6, 6.07) is 0. The number of hydrogen-bond acceptors (Lipinski definition) is 4. The van der Waals surface area contributed by atoms with Crippen LogP contribution in [0.5, 0.6) is 0 Å². The summed E-state index contributed by atoms with van der Waals surface area (Å²) in [5, 5.41) is -4.31. The molecule has 1 rings (SSSR count). The van der Waals surface area contributed by atoms with E-state index in [0.29, 0.717) is 0 Å². The van der Waals surface area contributed by atoms with Gasteiger partial charge in [0.05, 0.1) is 0 Å². The van der Waals surface area contributed by atoms with Gasteiger partial charge in [-0.3, -0.25) is 0 Å². The van der Waals surface area contributed by atoms with Gasteiger partial charge < -0.3 is 4.18 Å². The Morgan fingerprint density at radius 1 is 1.44 bits per heavy atom. The standard InChI is InChI=1S/C2F2O4S/c3-2(4)1(5)8-9(2,6)7. The summed E-state index contributed by atoms with van der Waals surface area (Å²) in [4.78, 5) is 9.62.